The molecule has 0 spiro atoms. The molecule has 2 aromatic heterocycles. The van der Waals surface area contributed by atoms with Crippen LogP contribution in [0.15, 0.2) is 48.5 Å². The molecule has 4 rings (SSSR count). The Labute approximate surface area is 188 Å². The molecular formula is C25H30N6O. The molecule has 0 saturated carbocycles. The number of nitrogens with one attached hydrogen (secondary N) is 1. The number of rotatable bonds is 8. The van der Waals surface area contributed by atoms with Crippen LogP contribution in [0.3, 0.4) is 0 Å². The van der Waals surface area contributed by atoms with Crippen LogP contribution in [-0.4, -0.2) is 41.1 Å². The van der Waals surface area contributed by atoms with Gasteiger partial charge in [0.15, 0.2) is 5.82 Å². The van der Waals surface area contributed by atoms with Gasteiger partial charge in [-0.3, -0.25) is 4.79 Å². The number of aromatic nitrogens is 3. The van der Waals surface area contributed by atoms with Crippen molar-refractivity contribution in [2.45, 2.75) is 32.7 Å². The van der Waals surface area contributed by atoms with Crippen molar-refractivity contribution in [3.05, 3.63) is 59.9 Å². The van der Waals surface area contributed by atoms with E-state index in [1.54, 1.807) is 0 Å². The maximum Gasteiger partial charge on any atom is 0.253 e. The third-order valence-corrected chi connectivity index (χ3v) is 5.73. The third-order valence-electron chi connectivity index (χ3n) is 5.73. The molecule has 0 fully saturated rings. The van der Waals surface area contributed by atoms with Crippen molar-refractivity contribution in [1.82, 2.24) is 19.9 Å². The highest BCUT2D eigenvalue weighted by Crippen LogP contribution is 2.29. The zero-order chi connectivity index (χ0) is 22.7. The molecule has 0 atom stereocenters. The summed E-state index contributed by atoms with van der Waals surface area (Å²) in [7, 11) is 3.89. The first-order chi connectivity index (χ1) is 15.5. The lowest BCUT2D eigenvalue weighted by atomic mass is 10.1. The lowest BCUT2D eigenvalue weighted by Crippen LogP contribution is -2.26. The largest absolute Gasteiger partial charge is 0.382 e. The van der Waals surface area contributed by atoms with Crippen molar-refractivity contribution in [2.24, 2.45) is 0 Å². The first kappa shape index (κ1) is 21.6. The van der Waals surface area contributed by atoms with E-state index in [9.17, 15) is 4.79 Å². The average Bonchev–Trinajstić information content (AvgIpc) is 3.18. The SMILES string of the molecule is CCc1nc2c(N)nc3ccccc3c2n1CCCCNC(=O)c1ccccc1N(C)C. The smallest absolute Gasteiger partial charge is 0.253 e. The second-order valence-electron chi connectivity index (χ2n) is 8.12. The summed E-state index contributed by atoms with van der Waals surface area (Å²) in [6.07, 6.45) is 2.61. The Morgan fingerprint density at radius 1 is 1.06 bits per heavy atom. The minimum atomic E-state index is -0.0403. The number of carbonyl (C=O) groups is 1. The normalized spacial score (nSPS) is 11.2. The number of pyridine rings is 1. The van der Waals surface area contributed by atoms with Gasteiger partial charge < -0.3 is 20.5 Å². The summed E-state index contributed by atoms with van der Waals surface area (Å²) in [5.41, 5.74) is 10.5. The van der Waals surface area contributed by atoms with Crippen LogP contribution >= 0.6 is 0 Å². The molecule has 0 radical (unpaired) electrons. The standard InChI is InChI=1S/C25H30N6O/c1-4-21-29-22-23(17-11-5-7-13-19(17)28-24(22)26)31(21)16-10-9-15-27-25(32)18-12-6-8-14-20(18)30(2)3/h5-8,11-14H,4,9-10,15-16H2,1-3H3,(H2,26,28)(H,27,32). The lowest BCUT2D eigenvalue weighted by molar-refractivity contribution is 0.0953. The maximum absolute atomic E-state index is 12.6. The van der Waals surface area contributed by atoms with Gasteiger partial charge in [-0.1, -0.05) is 37.3 Å². The number of carbonyl (C=O) groups excluding carboxylic acids is 1. The van der Waals surface area contributed by atoms with Crippen LogP contribution in [0.25, 0.3) is 21.9 Å². The Balaban J connectivity index is 1.46. The van der Waals surface area contributed by atoms with Gasteiger partial charge in [0.25, 0.3) is 5.91 Å². The van der Waals surface area contributed by atoms with Crippen LogP contribution in [0.1, 0.15) is 35.9 Å². The second kappa shape index (κ2) is 9.26. The van der Waals surface area contributed by atoms with Gasteiger partial charge >= 0.3 is 0 Å². The number of amides is 1. The number of hydrogen-bond acceptors (Lipinski definition) is 5. The van der Waals surface area contributed by atoms with Gasteiger partial charge in [-0.15, -0.1) is 0 Å². The number of nitrogen functional groups attached to an aromatic ring is 1. The van der Waals surface area contributed by atoms with E-state index in [4.69, 9.17) is 10.7 Å². The lowest BCUT2D eigenvalue weighted by Gasteiger charge is -2.17. The van der Waals surface area contributed by atoms with Gasteiger partial charge in [-0.2, -0.15) is 0 Å². The van der Waals surface area contributed by atoms with Crippen LogP contribution in [-0.2, 0) is 13.0 Å². The number of imidazole rings is 1. The first-order valence-corrected chi connectivity index (χ1v) is 11.1. The van der Waals surface area contributed by atoms with E-state index in [1.165, 1.54) is 0 Å². The molecule has 0 bridgehead atoms. The Morgan fingerprint density at radius 2 is 1.81 bits per heavy atom. The number of benzene rings is 2. The Morgan fingerprint density at radius 3 is 2.59 bits per heavy atom. The Hall–Kier alpha value is -3.61. The summed E-state index contributed by atoms with van der Waals surface area (Å²) in [5, 5.41) is 4.13. The zero-order valence-corrected chi connectivity index (χ0v) is 18.9. The number of nitrogens with two attached hydrogens (primary N) is 1. The predicted octanol–water partition coefficient (Wildman–Crippen LogP) is 4.01. The van der Waals surface area contributed by atoms with Crippen LogP contribution in [0.5, 0.6) is 0 Å². The van der Waals surface area contributed by atoms with E-state index >= 15 is 0 Å². The summed E-state index contributed by atoms with van der Waals surface area (Å²) in [4.78, 5) is 23.9. The van der Waals surface area contributed by atoms with Gasteiger partial charge in [0.05, 0.1) is 16.6 Å². The molecule has 0 unspecified atom stereocenters. The molecule has 7 heteroatoms. The summed E-state index contributed by atoms with van der Waals surface area (Å²) < 4.78 is 2.26. The number of nitrogens with zero attached hydrogens (tertiary/aromatic N) is 4. The fourth-order valence-electron chi connectivity index (χ4n) is 4.16. The summed E-state index contributed by atoms with van der Waals surface area (Å²) in [5.74, 6) is 1.44. The highest BCUT2D eigenvalue weighted by Gasteiger charge is 2.16. The highest BCUT2D eigenvalue weighted by molar-refractivity contribution is 6.06. The molecule has 1 amide bonds. The van der Waals surface area contributed by atoms with Crippen LogP contribution < -0.4 is 16.0 Å². The van der Waals surface area contributed by atoms with Crippen molar-refractivity contribution in [2.75, 3.05) is 31.3 Å². The molecule has 7 nitrogen and oxygen atoms in total. The van der Waals surface area contributed by atoms with Crippen molar-refractivity contribution in [3.63, 3.8) is 0 Å². The van der Waals surface area contributed by atoms with Gasteiger partial charge in [0.1, 0.15) is 11.3 Å². The number of fused-ring (bicyclic) bond motifs is 3. The molecule has 0 aliphatic heterocycles. The Kier molecular flexibility index (Phi) is 6.25. The number of unbranched alkanes of at least 4 members (excludes halogenated alkanes) is 1. The molecule has 32 heavy (non-hydrogen) atoms. The Bertz CT molecular complexity index is 1260. The fourth-order valence-corrected chi connectivity index (χ4v) is 4.16. The summed E-state index contributed by atoms with van der Waals surface area (Å²) in [6, 6.07) is 15.7. The van der Waals surface area contributed by atoms with E-state index in [0.29, 0.717) is 17.9 Å². The van der Waals surface area contributed by atoms with E-state index < -0.39 is 0 Å². The summed E-state index contributed by atoms with van der Waals surface area (Å²) >= 11 is 0. The number of para-hydroxylation sites is 2. The van der Waals surface area contributed by atoms with Crippen LogP contribution in [0, 0.1) is 0 Å². The van der Waals surface area contributed by atoms with Gasteiger partial charge in [0, 0.05) is 44.7 Å². The van der Waals surface area contributed by atoms with Crippen LogP contribution in [0.4, 0.5) is 11.5 Å². The van der Waals surface area contributed by atoms with Crippen molar-refractivity contribution in [1.29, 1.82) is 0 Å². The second-order valence-corrected chi connectivity index (χ2v) is 8.12. The maximum atomic E-state index is 12.6. The molecule has 0 aliphatic carbocycles. The molecule has 0 saturated heterocycles. The molecule has 2 heterocycles. The topological polar surface area (TPSA) is 89.1 Å². The van der Waals surface area contributed by atoms with E-state index in [0.717, 1.165) is 59.3 Å². The third kappa shape index (κ3) is 4.10. The minimum Gasteiger partial charge on any atom is -0.382 e. The highest BCUT2D eigenvalue weighted by atomic mass is 16.1. The number of hydrogen-bond donors (Lipinski definition) is 2. The molecule has 4 aromatic rings. The molecule has 3 N–H and O–H groups in total. The molecule has 0 aliphatic rings. The van der Waals surface area contributed by atoms with Gasteiger partial charge in [-0.05, 0) is 31.0 Å². The predicted molar refractivity (Wildman–Crippen MR) is 131 cm³/mol. The van der Waals surface area contributed by atoms with E-state index in [-0.39, 0.29) is 5.91 Å². The average molecular weight is 431 g/mol. The first-order valence-electron chi connectivity index (χ1n) is 11.1. The number of anilines is 2. The van der Waals surface area contributed by atoms with Crippen molar-refractivity contribution in [3.8, 4) is 0 Å². The quantitative estimate of drug-likeness (QED) is 0.412. The monoisotopic (exact) mass is 430 g/mol. The fraction of sp³-hybridized carbons (Fsp3) is 0.320. The van der Waals surface area contributed by atoms with E-state index in [2.05, 4.69) is 27.9 Å². The number of aryl methyl sites for hydroxylation is 2. The molecular weight excluding hydrogens is 400 g/mol. The zero-order valence-electron chi connectivity index (χ0n) is 18.9. The minimum absolute atomic E-state index is 0.0403. The van der Waals surface area contributed by atoms with Gasteiger partial charge in [0.2, 0.25) is 0 Å². The van der Waals surface area contributed by atoms with Crippen molar-refractivity contribution < 1.29 is 4.79 Å². The van der Waals surface area contributed by atoms with E-state index in [1.807, 2.05) is 61.5 Å². The van der Waals surface area contributed by atoms with Crippen molar-refractivity contribution >= 4 is 39.3 Å². The molecule has 166 valence electrons. The molecule has 2 aromatic carbocycles. The van der Waals surface area contributed by atoms with Gasteiger partial charge in [-0.25, -0.2) is 9.97 Å². The van der Waals surface area contributed by atoms with Crippen LogP contribution in [0.2, 0.25) is 0 Å². The summed E-state index contributed by atoms with van der Waals surface area (Å²) in [6.45, 7) is 3.54.